The lowest BCUT2D eigenvalue weighted by molar-refractivity contribution is 0.162. The van der Waals surface area contributed by atoms with Gasteiger partial charge < -0.3 is 4.74 Å². The molecule has 11 heavy (non-hydrogen) atoms. The second kappa shape index (κ2) is 9.04. The van der Waals surface area contributed by atoms with Gasteiger partial charge in [-0.25, -0.2) is 0 Å². The van der Waals surface area contributed by atoms with Crippen molar-refractivity contribution in [1.82, 2.24) is 9.97 Å². The molecule has 0 aliphatic heterocycles. The van der Waals surface area contributed by atoms with Crippen LogP contribution in [0.2, 0.25) is 0 Å². The molecule has 0 saturated carbocycles. The summed E-state index contributed by atoms with van der Waals surface area (Å²) in [7, 11) is 0. The van der Waals surface area contributed by atoms with Crippen molar-refractivity contribution in [2.45, 2.75) is 13.8 Å². The highest BCUT2D eigenvalue weighted by Crippen LogP contribution is 1.65. The lowest BCUT2D eigenvalue weighted by atomic mass is 10.8. The van der Waals surface area contributed by atoms with Crippen LogP contribution in [0.15, 0.2) is 24.8 Å². The van der Waals surface area contributed by atoms with Gasteiger partial charge in [0, 0.05) is 38.0 Å². The van der Waals surface area contributed by atoms with Gasteiger partial charge in [-0.1, -0.05) is 0 Å². The molecule has 0 aromatic carbocycles. The SMILES string of the molecule is CCOCC.c1cnccn1. The summed E-state index contributed by atoms with van der Waals surface area (Å²) in [4.78, 5) is 7.44. The van der Waals surface area contributed by atoms with Gasteiger partial charge in [-0.15, -0.1) is 0 Å². The van der Waals surface area contributed by atoms with Gasteiger partial charge in [0.15, 0.2) is 0 Å². The van der Waals surface area contributed by atoms with Crippen molar-refractivity contribution in [3.63, 3.8) is 0 Å². The molecule has 3 heteroatoms. The molecule has 1 aromatic heterocycles. The largest absolute Gasteiger partial charge is 0.382 e. The van der Waals surface area contributed by atoms with E-state index in [9.17, 15) is 0 Å². The highest BCUT2D eigenvalue weighted by molar-refractivity contribution is 4.70. The smallest absolute Gasteiger partial charge is 0.0451 e. The van der Waals surface area contributed by atoms with Crippen LogP contribution in [0.4, 0.5) is 0 Å². The fourth-order valence-electron chi connectivity index (χ4n) is 0.457. The van der Waals surface area contributed by atoms with Crippen LogP contribution >= 0.6 is 0 Å². The first-order chi connectivity index (χ1) is 5.41. The van der Waals surface area contributed by atoms with E-state index in [2.05, 4.69) is 9.97 Å². The maximum Gasteiger partial charge on any atom is 0.0451 e. The molecule has 0 aliphatic carbocycles. The van der Waals surface area contributed by atoms with Crippen LogP contribution < -0.4 is 0 Å². The van der Waals surface area contributed by atoms with E-state index in [4.69, 9.17) is 4.74 Å². The lowest BCUT2D eigenvalue weighted by Gasteiger charge is -1.86. The first-order valence-corrected chi connectivity index (χ1v) is 3.69. The molecule has 62 valence electrons. The molecule has 0 fully saturated rings. The van der Waals surface area contributed by atoms with Gasteiger partial charge in [0.2, 0.25) is 0 Å². The normalized spacial score (nSPS) is 8.18. The van der Waals surface area contributed by atoms with Crippen LogP contribution in [0, 0.1) is 0 Å². The zero-order valence-electron chi connectivity index (χ0n) is 7.03. The predicted octanol–water partition coefficient (Wildman–Crippen LogP) is 1.52. The number of hydrogen-bond acceptors (Lipinski definition) is 3. The van der Waals surface area contributed by atoms with Gasteiger partial charge in [-0.3, -0.25) is 9.97 Å². The molecule has 0 radical (unpaired) electrons. The Morgan fingerprint density at radius 2 is 1.27 bits per heavy atom. The Labute approximate surface area is 67.4 Å². The number of ether oxygens (including phenoxy) is 1. The summed E-state index contributed by atoms with van der Waals surface area (Å²) in [6, 6.07) is 0. The number of aromatic nitrogens is 2. The van der Waals surface area contributed by atoms with Crippen LogP contribution in [0.1, 0.15) is 13.8 Å². The molecular formula is C8H14N2O. The molecule has 3 nitrogen and oxygen atoms in total. The Morgan fingerprint density at radius 1 is 0.909 bits per heavy atom. The maximum atomic E-state index is 4.83. The van der Waals surface area contributed by atoms with E-state index in [-0.39, 0.29) is 0 Å². The number of nitrogens with zero attached hydrogens (tertiary/aromatic N) is 2. The van der Waals surface area contributed by atoms with Crippen LogP contribution in [-0.2, 0) is 4.74 Å². The second-order valence-electron chi connectivity index (χ2n) is 1.68. The second-order valence-corrected chi connectivity index (χ2v) is 1.68. The van der Waals surface area contributed by atoms with Crippen LogP contribution in [0.25, 0.3) is 0 Å². The van der Waals surface area contributed by atoms with Crippen molar-refractivity contribution in [3.05, 3.63) is 24.8 Å². The van der Waals surface area contributed by atoms with E-state index < -0.39 is 0 Å². The Bertz CT molecular complexity index is 115. The Morgan fingerprint density at radius 3 is 1.36 bits per heavy atom. The third-order valence-electron chi connectivity index (χ3n) is 0.886. The molecule has 1 aromatic rings. The molecule has 0 aliphatic rings. The Balaban J connectivity index is 0.000000187. The van der Waals surface area contributed by atoms with Gasteiger partial charge in [-0.05, 0) is 13.8 Å². The summed E-state index contributed by atoms with van der Waals surface area (Å²) in [5.74, 6) is 0. The van der Waals surface area contributed by atoms with E-state index in [1.807, 2.05) is 13.8 Å². The standard InChI is InChI=1S/C4H4N2.C4H10O/c1-2-6-4-3-5-1;1-3-5-4-2/h1-4H;3-4H2,1-2H3. The van der Waals surface area contributed by atoms with E-state index in [0.29, 0.717) is 0 Å². The third kappa shape index (κ3) is 9.04. The number of hydrogen-bond donors (Lipinski definition) is 0. The maximum absolute atomic E-state index is 4.83. The zero-order valence-corrected chi connectivity index (χ0v) is 7.03. The highest BCUT2D eigenvalue weighted by Gasteiger charge is 1.64. The third-order valence-corrected chi connectivity index (χ3v) is 0.886. The quantitative estimate of drug-likeness (QED) is 0.647. The van der Waals surface area contributed by atoms with Crippen LogP contribution in [0.3, 0.4) is 0 Å². The number of rotatable bonds is 2. The van der Waals surface area contributed by atoms with Crippen molar-refractivity contribution in [1.29, 1.82) is 0 Å². The molecule has 0 amide bonds. The highest BCUT2D eigenvalue weighted by atomic mass is 16.5. The lowest BCUT2D eigenvalue weighted by Crippen LogP contribution is -1.84. The van der Waals surface area contributed by atoms with Crippen molar-refractivity contribution < 1.29 is 4.74 Å². The van der Waals surface area contributed by atoms with Gasteiger partial charge in [0.25, 0.3) is 0 Å². The van der Waals surface area contributed by atoms with Crippen LogP contribution in [-0.4, -0.2) is 23.2 Å². The summed E-state index contributed by atoms with van der Waals surface area (Å²) in [6.07, 6.45) is 6.56. The molecule has 0 unspecified atom stereocenters. The van der Waals surface area contributed by atoms with Crippen molar-refractivity contribution >= 4 is 0 Å². The molecule has 0 N–H and O–H groups in total. The fourth-order valence-corrected chi connectivity index (χ4v) is 0.457. The summed E-state index contributed by atoms with van der Waals surface area (Å²) in [5.41, 5.74) is 0. The predicted molar refractivity (Wildman–Crippen MR) is 44.2 cm³/mol. The molecular weight excluding hydrogens is 140 g/mol. The van der Waals surface area contributed by atoms with E-state index >= 15 is 0 Å². The summed E-state index contributed by atoms with van der Waals surface area (Å²) >= 11 is 0. The van der Waals surface area contributed by atoms with Crippen molar-refractivity contribution in [3.8, 4) is 0 Å². The first-order valence-electron chi connectivity index (χ1n) is 3.69. The monoisotopic (exact) mass is 154 g/mol. The molecule has 0 saturated heterocycles. The fraction of sp³-hybridized carbons (Fsp3) is 0.500. The van der Waals surface area contributed by atoms with Crippen molar-refractivity contribution in [2.24, 2.45) is 0 Å². The minimum absolute atomic E-state index is 0.844. The Hall–Kier alpha value is -0.960. The van der Waals surface area contributed by atoms with Gasteiger partial charge in [-0.2, -0.15) is 0 Å². The molecule has 0 atom stereocenters. The van der Waals surface area contributed by atoms with Gasteiger partial charge >= 0.3 is 0 Å². The Kier molecular flexibility index (Phi) is 8.25. The molecule has 1 rings (SSSR count). The van der Waals surface area contributed by atoms with Crippen molar-refractivity contribution in [2.75, 3.05) is 13.2 Å². The average molecular weight is 154 g/mol. The minimum atomic E-state index is 0.844. The molecule has 0 bridgehead atoms. The average Bonchev–Trinajstić information content (AvgIpc) is 2.10. The first kappa shape index (κ1) is 10.0. The topological polar surface area (TPSA) is 35.0 Å². The van der Waals surface area contributed by atoms with Gasteiger partial charge in [0.1, 0.15) is 0 Å². The molecule has 0 spiro atoms. The van der Waals surface area contributed by atoms with E-state index in [1.165, 1.54) is 0 Å². The molecule has 1 heterocycles. The van der Waals surface area contributed by atoms with E-state index in [0.717, 1.165) is 13.2 Å². The minimum Gasteiger partial charge on any atom is -0.382 e. The zero-order chi connectivity index (χ0) is 8.36. The van der Waals surface area contributed by atoms with Gasteiger partial charge in [0.05, 0.1) is 0 Å². The van der Waals surface area contributed by atoms with Crippen LogP contribution in [0.5, 0.6) is 0 Å². The summed E-state index contributed by atoms with van der Waals surface area (Å²) in [5, 5.41) is 0. The summed E-state index contributed by atoms with van der Waals surface area (Å²) in [6.45, 7) is 5.67. The summed E-state index contributed by atoms with van der Waals surface area (Å²) < 4.78 is 4.83. The van der Waals surface area contributed by atoms with E-state index in [1.54, 1.807) is 24.8 Å².